The molecule has 0 aliphatic heterocycles. The van der Waals surface area contributed by atoms with Gasteiger partial charge in [-0.2, -0.15) is 0 Å². The molecule has 0 rings (SSSR count). The van der Waals surface area contributed by atoms with Crippen molar-refractivity contribution in [2.75, 3.05) is 26.4 Å². The Hall–Kier alpha value is -1.51. The van der Waals surface area contributed by atoms with E-state index in [-0.39, 0.29) is 32.6 Å². The number of nitrogens with two attached hydrogens (primary N) is 1. The number of rotatable bonds is 39. The lowest BCUT2D eigenvalue weighted by Crippen LogP contribution is -2.29. The minimum Gasteiger partial charge on any atom is -0.462 e. The van der Waals surface area contributed by atoms with Crippen LogP contribution in [-0.2, 0) is 32.7 Å². The molecule has 9 nitrogen and oxygen atoms in total. The molecule has 0 radical (unpaired) electrons. The largest absolute Gasteiger partial charge is 0.472 e. The Labute approximate surface area is 312 Å². The first kappa shape index (κ1) is 49.5. The van der Waals surface area contributed by atoms with E-state index in [1.165, 1.54) is 109 Å². The van der Waals surface area contributed by atoms with E-state index >= 15 is 0 Å². The highest BCUT2D eigenvalue weighted by molar-refractivity contribution is 7.47. The van der Waals surface area contributed by atoms with E-state index in [0.29, 0.717) is 12.8 Å². The van der Waals surface area contributed by atoms with Gasteiger partial charge in [-0.25, -0.2) is 4.57 Å². The van der Waals surface area contributed by atoms with Crippen LogP contribution in [0.2, 0.25) is 0 Å². The predicted octanol–water partition coefficient (Wildman–Crippen LogP) is 11.6. The second-order valence-corrected chi connectivity index (χ2v) is 15.3. The van der Waals surface area contributed by atoms with E-state index in [2.05, 4.69) is 38.2 Å². The zero-order valence-corrected chi connectivity index (χ0v) is 33.7. The number of esters is 2. The van der Waals surface area contributed by atoms with Crippen LogP contribution >= 0.6 is 7.82 Å². The monoisotopic (exact) mass is 744 g/mol. The normalized spacial score (nSPS) is 13.6. The first-order chi connectivity index (χ1) is 24.8. The SMILES string of the molecule is CCCCCC/C=C/CCCCCCCCCCCC(=O)O[C@H](COC(=O)CCCCC/C=C/CCCCCCCC)COP(=O)(O)OCCN. The second-order valence-electron chi connectivity index (χ2n) is 13.8. The Kier molecular flexibility index (Phi) is 37.1. The topological polar surface area (TPSA) is 134 Å². The van der Waals surface area contributed by atoms with Crippen molar-refractivity contribution in [1.82, 2.24) is 0 Å². The number of hydrogen-bond donors (Lipinski definition) is 2. The fourth-order valence-corrected chi connectivity index (χ4v) is 6.45. The third-order valence-electron chi connectivity index (χ3n) is 8.81. The number of phosphoric ester groups is 1. The van der Waals surface area contributed by atoms with Gasteiger partial charge in [0, 0.05) is 19.4 Å². The van der Waals surface area contributed by atoms with E-state index in [4.69, 9.17) is 24.3 Å². The lowest BCUT2D eigenvalue weighted by Gasteiger charge is -2.19. The summed E-state index contributed by atoms with van der Waals surface area (Å²) in [5, 5.41) is 0. The molecule has 0 amide bonds. The molecule has 0 fully saturated rings. The Morgan fingerprint density at radius 3 is 1.43 bits per heavy atom. The lowest BCUT2D eigenvalue weighted by molar-refractivity contribution is -0.161. The van der Waals surface area contributed by atoms with Gasteiger partial charge in [-0.1, -0.05) is 141 Å². The van der Waals surface area contributed by atoms with Crippen molar-refractivity contribution in [3.63, 3.8) is 0 Å². The fraction of sp³-hybridized carbons (Fsp3) is 0.854. The number of allylic oxidation sites excluding steroid dienone is 4. The summed E-state index contributed by atoms with van der Waals surface area (Å²) >= 11 is 0. The molecule has 0 aromatic carbocycles. The van der Waals surface area contributed by atoms with Crippen LogP contribution < -0.4 is 5.73 Å². The minimum atomic E-state index is -4.37. The van der Waals surface area contributed by atoms with Crippen LogP contribution in [0.3, 0.4) is 0 Å². The molecule has 0 aliphatic rings. The van der Waals surface area contributed by atoms with Gasteiger partial charge in [0.15, 0.2) is 6.10 Å². The molecular formula is C41H78NO8P. The first-order valence-electron chi connectivity index (χ1n) is 20.8. The van der Waals surface area contributed by atoms with E-state index in [0.717, 1.165) is 44.9 Å². The average Bonchev–Trinajstić information content (AvgIpc) is 3.11. The quantitative estimate of drug-likeness (QED) is 0.0273. The molecule has 0 aromatic rings. The molecule has 0 saturated carbocycles. The van der Waals surface area contributed by atoms with Crippen LogP contribution in [-0.4, -0.2) is 49.3 Å². The highest BCUT2D eigenvalue weighted by Crippen LogP contribution is 2.43. The summed E-state index contributed by atoms with van der Waals surface area (Å²) in [6.07, 6.45) is 39.2. The van der Waals surface area contributed by atoms with E-state index in [1.807, 2.05) is 0 Å². The van der Waals surface area contributed by atoms with E-state index in [9.17, 15) is 19.0 Å². The van der Waals surface area contributed by atoms with Gasteiger partial charge in [0.25, 0.3) is 0 Å². The molecule has 0 aliphatic carbocycles. The Bertz CT molecular complexity index is 897. The third kappa shape index (κ3) is 38.0. The summed E-state index contributed by atoms with van der Waals surface area (Å²) in [7, 11) is -4.37. The summed E-state index contributed by atoms with van der Waals surface area (Å²) < 4.78 is 32.7. The zero-order chi connectivity index (χ0) is 37.5. The summed E-state index contributed by atoms with van der Waals surface area (Å²) in [6, 6.07) is 0. The van der Waals surface area contributed by atoms with Gasteiger partial charge < -0.3 is 20.1 Å². The Morgan fingerprint density at radius 2 is 0.961 bits per heavy atom. The van der Waals surface area contributed by atoms with Crippen LogP contribution in [0, 0.1) is 0 Å². The first-order valence-corrected chi connectivity index (χ1v) is 22.3. The summed E-state index contributed by atoms with van der Waals surface area (Å²) in [6.45, 7) is 3.70. The van der Waals surface area contributed by atoms with Crippen LogP contribution in [0.25, 0.3) is 0 Å². The van der Waals surface area contributed by atoms with Gasteiger partial charge in [-0.15, -0.1) is 0 Å². The highest BCUT2D eigenvalue weighted by Gasteiger charge is 2.26. The smallest absolute Gasteiger partial charge is 0.462 e. The van der Waals surface area contributed by atoms with Crippen molar-refractivity contribution < 1.29 is 37.6 Å². The number of carbonyl (C=O) groups excluding carboxylic acids is 2. The average molecular weight is 744 g/mol. The van der Waals surface area contributed by atoms with Crippen LogP contribution in [0.5, 0.6) is 0 Å². The van der Waals surface area contributed by atoms with Crippen molar-refractivity contribution in [1.29, 1.82) is 0 Å². The molecule has 10 heteroatoms. The molecule has 2 atom stereocenters. The Balaban J connectivity index is 4.18. The van der Waals surface area contributed by atoms with Crippen molar-refractivity contribution in [2.24, 2.45) is 5.73 Å². The lowest BCUT2D eigenvalue weighted by atomic mass is 10.1. The third-order valence-corrected chi connectivity index (χ3v) is 9.79. The molecule has 0 bridgehead atoms. The van der Waals surface area contributed by atoms with Crippen molar-refractivity contribution in [3.05, 3.63) is 24.3 Å². The molecule has 0 saturated heterocycles. The van der Waals surface area contributed by atoms with Gasteiger partial charge in [-0.3, -0.25) is 18.6 Å². The van der Waals surface area contributed by atoms with Crippen LogP contribution in [0.15, 0.2) is 24.3 Å². The standard InChI is InChI=1S/C41H78NO8P/c1-3-5-7-9-11-13-15-17-18-19-20-22-24-26-28-30-32-34-41(44)50-39(38-49-51(45,46)48-36-35-42)37-47-40(43)33-31-29-27-25-23-21-16-14-12-10-8-6-4-2/h13,15,21,23,39H,3-12,14,16-20,22,24-38,42H2,1-2H3,(H,45,46)/b15-13+,23-21+/t39-/m1/s1. The van der Waals surface area contributed by atoms with Crippen LogP contribution in [0.4, 0.5) is 0 Å². The molecular weight excluding hydrogens is 665 g/mol. The maximum absolute atomic E-state index is 12.6. The van der Waals surface area contributed by atoms with E-state index in [1.54, 1.807) is 0 Å². The van der Waals surface area contributed by atoms with Gasteiger partial charge in [0.05, 0.1) is 13.2 Å². The Morgan fingerprint density at radius 1 is 0.569 bits per heavy atom. The minimum absolute atomic E-state index is 0.0522. The van der Waals surface area contributed by atoms with Crippen molar-refractivity contribution >= 4 is 19.8 Å². The summed E-state index contributed by atoms with van der Waals surface area (Å²) in [4.78, 5) is 34.8. The number of phosphoric acid groups is 1. The van der Waals surface area contributed by atoms with Gasteiger partial charge in [-0.05, 0) is 64.2 Å². The molecule has 0 heterocycles. The second kappa shape index (κ2) is 38.2. The predicted molar refractivity (Wildman–Crippen MR) is 211 cm³/mol. The van der Waals surface area contributed by atoms with E-state index < -0.39 is 32.5 Å². The number of ether oxygens (including phenoxy) is 2. The molecule has 0 aromatic heterocycles. The van der Waals surface area contributed by atoms with Gasteiger partial charge >= 0.3 is 19.8 Å². The van der Waals surface area contributed by atoms with Crippen LogP contribution in [0.1, 0.15) is 194 Å². The number of unbranched alkanes of at least 4 members (excludes halogenated alkanes) is 22. The van der Waals surface area contributed by atoms with Crippen molar-refractivity contribution in [2.45, 2.75) is 200 Å². The molecule has 300 valence electrons. The number of hydrogen-bond acceptors (Lipinski definition) is 8. The molecule has 51 heavy (non-hydrogen) atoms. The highest BCUT2D eigenvalue weighted by atomic mass is 31.2. The summed E-state index contributed by atoms with van der Waals surface area (Å²) in [5.41, 5.74) is 5.34. The van der Waals surface area contributed by atoms with Gasteiger partial charge in [0.2, 0.25) is 0 Å². The molecule has 0 spiro atoms. The fourth-order valence-electron chi connectivity index (χ4n) is 5.68. The number of carbonyl (C=O) groups is 2. The van der Waals surface area contributed by atoms with Crippen molar-refractivity contribution in [3.8, 4) is 0 Å². The van der Waals surface area contributed by atoms with Gasteiger partial charge in [0.1, 0.15) is 6.61 Å². The molecule has 1 unspecified atom stereocenters. The zero-order valence-electron chi connectivity index (χ0n) is 32.8. The summed E-state index contributed by atoms with van der Waals surface area (Å²) in [5.74, 6) is -0.846. The molecule has 3 N–H and O–H groups in total. The maximum atomic E-state index is 12.6. The maximum Gasteiger partial charge on any atom is 0.472 e.